The first kappa shape index (κ1) is 13.4. The van der Waals surface area contributed by atoms with Crippen LogP contribution in [-0.4, -0.2) is 6.79 Å². The Labute approximate surface area is 119 Å². The molecule has 3 rings (SSSR count). The highest BCUT2D eigenvalue weighted by molar-refractivity contribution is 7.98. The second-order valence-corrected chi connectivity index (χ2v) is 5.46. The van der Waals surface area contributed by atoms with Crippen LogP contribution < -0.4 is 4.74 Å². The highest BCUT2D eigenvalue weighted by Crippen LogP contribution is 2.33. The second-order valence-electron chi connectivity index (χ2n) is 4.41. The van der Waals surface area contributed by atoms with Gasteiger partial charge in [0.1, 0.15) is 17.4 Å². The van der Waals surface area contributed by atoms with E-state index < -0.39 is 0 Å². The first-order valence-electron chi connectivity index (χ1n) is 6.12. The van der Waals surface area contributed by atoms with Crippen LogP contribution in [0, 0.1) is 11.6 Å². The second kappa shape index (κ2) is 5.81. The van der Waals surface area contributed by atoms with Gasteiger partial charge in [-0.25, -0.2) is 8.78 Å². The normalized spacial score (nSPS) is 13.7. The van der Waals surface area contributed by atoms with E-state index in [9.17, 15) is 8.78 Å². The standard InChI is InChI=1S/C15H12F2O2S/c16-12-1-3-14(4-2-12)20-8-11-6-13(17)5-10-7-18-9-19-15(10)11/h1-6H,7-9H2. The van der Waals surface area contributed by atoms with Gasteiger partial charge in [-0.15, -0.1) is 11.8 Å². The molecule has 1 heterocycles. The molecule has 0 aromatic heterocycles. The average Bonchev–Trinajstić information content (AvgIpc) is 2.46. The molecule has 0 saturated carbocycles. The highest BCUT2D eigenvalue weighted by atomic mass is 32.2. The molecular weight excluding hydrogens is 282 g/mol. The maximum Gasteiger partial charge on any atom is 0.189 e. The summed E-state index contributed by atoms with van der Waals surface area (Å²) in [5, 5.41) is 0. The Hall–Kier alpha value is -1.59. The predicted molar refractivity (Wildman–Crippen MR) is 72.6 cm³/mol. The Morgan fingerprint density at radius 2 is 1.85 bits per heavy atom. The van der Waals surface area contributed by atoms with Gasteiger partial charge in [-0.1, -0.05) is 0 Å². The van der Waals surface area contributed by atoms with E-state index in [-0.39, 0.29) is 18.4 Å². The van der Waals surface area contributed by atoms with Gasteiger partial charge in [0.05, 0.1) is 6.61 Å². The molecule has 1 aliphatic rings. The molecule has 20 heavy (non-hydrogen) atoms. The highest BCUT2D eigenvalue weighted by Gasteiger charge is 2.17. The van der Waals surface area contributed by atoms with Gasteiger partial charge in [0.2, 0.25) is 0 Å². The molecule has 0 aliphatic carbocycles. The Morgan fingerprint density at radius 1 is 1.05 bits per heavy atom. The monoisotopic (exact) mass is 294 g/mol. The van der Waals surface area contributed by atoms with Gasteiger partial charge in [-0.2, -0.15) is 0 Å². The molecule has 0 fully saturated rings. The van der Waals surface area contributed by atoms with E-state index in [1.54, 1.807) is 12.1 Å². The molecular formula is C15H12F2O2S. The zero-order valence-electron chi connectivity index (χ0n) is 10.6. The lowest BCUT2D eigenvalue weighted by atomic mass is 10.1. The van der Waals surface area contributed by atoms with Crippen molar-refractivity contribution in [1.29, 1.82) is 0 Å². The van der Waals surface area contributed by atoms with Crippen LogP contribution in [-0.2, 0) is 17.1 Å². The average molecular weight is 294 g/mol. The van der Waals surface area contributed by atoms with Gasteiger partial charge < -0.3 is 9.47 Å². The molecule has 0 unspecified atom stereocenters. The number of hydrogen-bond acceptors (Lipinski definition) is 3. The number of halogens is 2. The number of hydrogen-bond donors (Lipinski definition) is 0. The Bertz CT molecular complexity index is 614. The van der Waals surface area contributed by atoms with Crippen LogP contribution in [0.15, 0.2) is 41.3 Å². The molecule has 104 valence electrons. The van der Waals surface area contributed by atoms with Crippen molar-refractivity contribution < 1.29 is 18.3 Å². The SMILES string of the molecule is Fc1ccc(SCc2cc(F)cc3c2OCOC3)cc1. The van der Waals surface area contributed by atoms with E-state index in [0.717, 1.165) is 16.0 Å². The number of thioether (sulfide) groups is 1. The van der Waals surface area contributed by atoms with Crippen LogP contribution in [0.5, 0.6) is 5.75 Å². The summed E-state index contributed by atoms with van der Waals surface area (Å²) < 4.78 is 37.0. The van der Waals surface area contributed by atoms with E-state index in [4.69, 9.17) is 9.47 Å². The zero-order chi connectivity index (χ0) is 13.9. The summed E-state index contributed by atoms with van der Waals surface area (Å²) in [5.41, 5.74) is 1.52. The van der Waals surface area contributed by atoms with E-state index >= 15 is 0 Å². The van der Waals surface area contributed by atoms with Crippen LogP contribution in [0.25, 0.3) is 0 Å². The minimum Gasteiger partial charge on any atom is -0.467 e. The fraction of sp³-hybridized carbons (Fsp3) is 0.200. The molecule has 0 saturated heterocycles. The van der Waals surface area contributed by atoms with Crippen LogP contribution in [0.3, 0.4) is 0 Å². The fourth-order valence-corrected chi connectivity index (χ4v) is 2.92. The smallest absolute Gasteiger partial charge is 0.189 e. The van der Waals surface area contributed by atoms with Crippen molar-refractivity contribution in [2.45, 2.75) is 17.3 Å². The van der Waals surface area contributed by atoms with Crippen molar-refractivity contribution in [3.05, 3.63) is 59.2 Å². The van der Waals surface area contributed by atoms with Gasteiger partial charge in [0.25, 0.3) is 0 Å². The first-order chi connectivity index (χ1) is 9.72. The van der Waals surface area contributed by atoms with Gasteiger partial charge in [0.15, 0.2) is 6.79 Å². The van der Waals surface area contributed by atoms with Gasteiger partial charge >= 0.3 is 0 Å². The first-order valence-corrected chi connectivity index (χ1v) is 7.11. The van der Waals surface area contributed by atoms with Crippen LogP contribution in [0.2, 0.25) is 0 Å². The molecule has 0 amide bonds. The molecule has 5 heteroatoms. The summed E-state index contributed by atoms with van der Waals surface area (Å²) in [6, 6.07) is 9.13. The Morgan fingerprint density at radius 3 is 2.65 bits per heavy atom. The minimum absolute atomic E-state index is 0.187. The number of ether oxygens (including phenoxy) is 2. The number of fused-ring (bicyclic) bond motifs is 1. The lowest BCUT2D eigenvalue weighted by molar-refractivity contribution is -0.0171. The number of rotatable bonds is 3. The van der Waals surface area contributed by atoms with Crippen LogP contribution >= 0.6 is 11.8 Å². The summed E-state index contributed by atoms with van der Waals surface area (Å²) in [5.74, 6) is 0.698. The minimum atomic E-state index is -0.299. The third-order valence-electron chi connectivity index (χ3n) is 2.96. The summed E-state index contributed by atoms with van der Waals surface area (Å²) in [4.78, 5) is 0.927. The molecule has 0 atom stereocenters. The Balaban J connectivity index is 1.80. The molecule has 2 aromatic carbocycles. The van der Waals surface area contributed by atoms with E-state index in [0.29, 0.717) is 18.1 Å². The van der Waals surface area contributed by atoms with E-state index in [1.807, 2.05) is 0 Å². The van der Waals surface area contributed by atoms with E-state index in [2.05, 4.69) is 0 Å². The summed E-state index contributed by atoms with van der Waals surface area (Å²) in [7, 11) is 0. The third kappa shape index (κ3) is 2.94. The lowest BCUT2D eigenvalue weighted by Crippen LogP contribution is -2.13. The van der Waals surface area contributed by atoms with Crippen molar-refractivity contribution in [2.75, 3.05) is 6.79 Å². The zero-order valence-corrected chi connectivity index (χ0v) is 11.4. The van der Waals surface area contributed by atoms with Crippen molar-refractivity contribution in [2.24, 2.45) is 0 Å². The molecule has 0 N–H and O–H groups in total. The van der Waals surface area contributed by atoms with Crippen molar-refractivity contribution in [3.8, 4) is 5.75 Å². The molecule has 1 aliphatic heterocycles. The summed E-state index contributed by atoms with van der Waals surface area (Å²) in [6.45, 7) is 0.550. The van der Waals surface area contributed by atoms with Crippen LogP contribution in [0.1, 0.15) is 11.1 Å². The van der Waals surface area contributed by atoms with Crippen molar-refractivity contribution in [3.63, 3.8) is 0 Å². The fourth-order valence-electron chi connectivity index (χ4n) is 2.06. The largest absolute Gasteiger partial charge is 0.467 e. The molecule has 0 spiro atoms. The van der Waals surface area contributed by atoms with Gasteiger partial charge in [-0.3, -0.25) is 0 Å². The molecule has 0 bridgehead atoms. The van der Waals surface area contributed by atoms with Crippen molar-refractivity contribution in [1.82, 2.24) is 0 Å². The van der Waals surface area contributed by atoms with E-state index in [1.165, 1.54) is 36.0 Å². The predicted octanol–water partition coefficient (Wildman–Crippen LogP) is 4.12. The molecule has 0 radical (unpaired) electrons. The lowest BCUT2D eigenvalue weighted by Gasteiger charge is -2.20. The maximum atomic E-state index is 13.6. The van der Waals surface area contributed by atoms with Gasteiger partial charge in [0, 0.05) is 21.8 Å². The van der Waals surface area contributed by atoms with Crippen molar-refractivity contribution >= 4 is 11.8 Å². The summed E-state index contributed by atoms with van der Waals surface area (Å²) >= 11 is 1.51. The molecule has 2 aromatic rings. The Kier molecular flexibility index (Phi) is 3.89. The third-order valence-corrected chi connectivity index (χ3v) is 4.02. The van der Waals surface area contributed by atoms with Crippen LogP contribution in [0.4, 0.5) is 8.78 Å². The quantitative estimate of drug-likeness (QED) is 0.793. The summed E-state index contributed by atoms with van der Waals surface area (Å²) in [6.07, 6.45) is 0. The topological polar surface area (TPSA) is 18.5 Å². The molecule has 2 nitrogen and oxygen atoms in total. The maximum absolute atomic E-state index is 13.6. The van der Waals surface area contributed by atoms with Gasteiger partial charge in [-0.05, 0) is 36.4 Å². The number of benzene rings is 2.